The van der Waals surface area contributed by atoms with Crippen LogP contribution in [0.3, 0.4) is 0 Å². The van der Waals surface area contributed by atoms with Crippen LogP contribution >= 0.6 is 11.3 Å². The van der Waals surface area contributed by atoms with Gasteiger partial charge in [-0.1, -0.05) is 55.5 Å². The average Bonchev–Trinajstić information content (AvgIpc) is 3.26. The number of rotatable bonds is 4. The van der Waals surface area contributed by atoms with Crippen molar-refractivity contribution >= 4 is 55.5 Å². The van der Waals surface area contributed by atoms with E-state index in [4.69, 9.17) is 4.98 Å². The van der Waals surface area contributed by atoms with Crippen LogP contribution in [0.4, 0.5) is 0 Å². The molecule has 2 aromatic heterocycles. The van der Waals surface area contributed by atoms with Crippen LogP contribution in [0.25, 0.3) is 44.2 Å². The molecule has 0 atom stereocenters. The van der Waals surface area contributed by atoms with Crippen LogP contribution in [-0.4, -0.2) is 9.55 Å². The number of nitrogens with zero attached hydrogens (tertiary/aromatic N) is 2. The molecule has 5 aromatic rings. The van der Waals surface area contributed by atoms with Crippen molar-refractivity contribution in [2.45, 2.75) is 19.9 Å². The van der Waals surface area contributed by atoms with E-state index < -0.39 is 0 Å². The molecule has 3 aromatic carbocycles. The molecule has 0 amide bonds. The van der Waals surface area contributed by atoms with Gasteiger partial charge in [-0.2, -0.15) is 0 Å². The Morgan fingerprint density at radius 2 is 1.70 bits per heavy atom. The van der Waals surface area contributed by atoms with Gasteiger partial charge in [-0.15, -0.1) is 11.3 Å². The SMILES string of the molecule is CCCn1c2ccccc2c2ccc(/C=C/c3nc4ccccc4s3)cc21. The summed E-state index contributed by atoms with van der Waals surface area (Å²) in [5.41, 5.74) is 4.91. The molecular formula is C24H20N2S. The molecule has 27 heavy (non-hydrogen) atoms. The molecule has 3 heteroatoms. The molecule has 2 heterocycles. The number of thiazole rings is 1. The maximum absolute atomic E-state index is 4.70. The number of fused-ring (bicyclic) bond motifs is 4. The van der Waals surface area contributed by atoms with Gasteiger partial charge in [-0.05, 0) is 42.3 Å². The molecule has 5 rings (SSSR count). The van der Waals surface area contributed by atoms with E-state index >= 15 is 0 Å². The van der Waals surface area contributed by atoms with Crippen molar-refractivity contribution in [3.05, 3.63) is 77.3 Å². The third-order valence-corrected chi connectivity index (χ3v) is 5.98. The Morgan fingerprint density at radius 1 is 0.889 bits per heavy atom. The Balaban J connectivity index is 1.59. The number of aromatic nitrogens is 2. The second-order valence-electron chi connectivity index (χ2n) is 6.80. The lowest BCUT2D eigenvalue weighted by Gasteiger charge is -2.05. The Morgan fingerprint density at radius 3 is 2.59 bits per heavy atom. The first-order valence-electron chi connectivity index (χ1n) is 9.38. The molecule has 0 N–H and O–H groups in total. The lowest BCUT2D eigenvalue weighted by Crippen LogP contribution is -1.95. The Kier molecular flexibility index (Phi) is 4.02. The fourth-order valence-corrected chi connectivity index (χ4v) is 4.63. The summed E-state index contributed by atoms with van der Waals surface area (Å²) in [7, 11) is 0. The minimum absolute atomic E-state index is 1.04. The van der Waals surface area contributed by atoms with Crippen molar-refractivity contribution in [2.75, 3.05) is 0 Å². The zero-order valence-corrected chi connectivity index (χ0v) is 16.0. The summed E-state index contributed by atoms with van der Waals surface area (Å²) in [6.07, 6.45) is 5.42. The maximum Gasteiger partial charge on any atom is 0.117 e. The Bertz CT molecular complexity index is 1260. The van der Waals surface area contributed by atoms with E-state index in [1.165, 1.54) is 32.1 Å². The number of hydrogen-bond donors (Lipinski definition) is 0. The van der Waals surface area contributed by atoms with Gasteiger partial charge in [0, 0.05) is 28.4 Å². The smallest absolute Gasteiger partial charge is 0.117 e. The van der Waals surface area contributed by atoms with E-state index in [1.807, 2.05) is 6.07 Å². The second kappa shape index (κ2) is 6.67. The van der Waals surface area contributed by atoms with Crippen molar-refractivity contribution in [1.82, 2.24) is 9.55 Å². The van der Waals surface area contributed by atoms with Gasteiger partial charge in [0.15, 0.2) is 0 Å². The van der Waals surface area contributed by atoms with Crippen LogP contribution in [-0.2, 0) is 6.54 Å². The largest absolute Gasteiger partial charge is 0.340 e. The molecular weight excluding hydrogens is 348 g/mol. The van der Waals surface area contributed by atoms with Crippen molar-refractivity contribution in [1.29, 1.82) is 0 Å². The zero-order valence-electron chi connectivity index (χ0n) is 15.2. The van der Waals surface area contributed by atoms with Gasteiger partial charge in [0.05, 0.1) is 10.2 Å². The molecule has 0 saturated heterocycles. The molecule has 0 spiro atoms. The molecule has 0 aliphatic heterocycles. The lowest BCUT2D eigenvalue weighted by atomic mass is 10.1. The average molecular weight is 369 g/mol. The van der Waals surface area contributed by atoms with Crippen LogP contribution in [0.15, 0.2) is 66.7 Å². The van der Waals surface area contributed by atoms with E-state index in [0.29, 0.717) is 0 Å². The highest BCUT2D eigenvalue weighted by Gasteiger charge is 2.09. The Labute approximate surface area is 162 Å². The third-order valence-electron chi connectivity index (χ3n) is 4.97. The van der Waals surface area contributed by atoms with Crippen LogP contribution in [0, 0.1) is 0 Å². The summed E-state index contributed by atoms with van der Waals surface area (Å²) in [4.78, 5) is 4.70. The van der Waals surface area contributed by atoms with Crippen molar-refractivity contribution < 1.29 is 0 Å². The molecule has 0 unspecified atom stereocenters. The van der Waals surface area contributed by atoms with Crippen LogP contribution in [0.2, 0.25) is 0 Å². The topological polar surface area (TPSA) is 17.8 Å². The zero-order chi connectivity index (χ0) is 18.2. The summed E-state index contributed by atoms with van der Waals surface area (Å²) >= 11 is 1.73. The Hall–Kier alpha value is -2.91. The van der Waals surface area contributed by atoms with Crippen molar-refractivity contribution in [3.63, 3.8) is 0 Å². The summed E-state index contributed by atoms with van der Waals surface area (Å²) < 4.78 is 3.68. The number of para-hydroxylation sites is 2. The molecule has 0 saturated carbocycles. The summed E-state index contributed by atoms with van der Waals surface area (Å²) in [5, 5.41) is 3.71. The van der Waals surface area contributed by atoms with E-state index in [9.17, 15) is 0 Å². The fourth-order valence-electron chi connectivity index (χ4n) is 3.76. The predicted octanol–water partition coefficient (Wildman–Crippen LogP) is 6.98. The molecule has 0 radical (unpaired) electrons. The number of benzene rings is 3. The predicted molar refractivity (Wildman–Crippen MR) is 118 cm³/mol. The molecule has 132 valence electrons. The second-order valence-corrected chi connectivity index (χ2v) is 7.86. The highest BCUT2D eigenvalue weighted by atomic mass is 32.1. The van der Waals surface area contributed by atoms with E-state index in [0.717, 1.165) is 23.5 Å². The molecule has 0 aliphatic carbocycles. The van der Waals surface area contributed by atoms with Crippen molar-refractivity contribution in [3.8, 4) is 0 Å². The summed E-state index contributed by atoms with van der Waals surface area (Å²) in [6.45, 7) is 3.27. The van der Waals surface area contributed by atoms with Crippen molar-refractivity contribution in [2.24, 2.45) is 0 Å². The normalized spacial score (nSPS) is 12.0. The van der Waals surface area contributed by atoms with Crippen LogP contribution in [0.5, 0.6) is 0 Å². The highest BCUT2D eigenvalue weighted by Crippen LogP contribution is 2.30. The minimum atomic E-state index is 1.04. The van der Waals surface area contributed by atoms with Gasteiger partial charge in [-0.25, -0.2) is 4.98 Å². The summed E-state index contributed by atoms with van der Waals surface area (Å²) in [6, 6.07) is 23.7. The quantitative estimate of drug-likeness (QED) is 0.334. The first kappa shape index (κ1) is 16.3. The third kappa shape index (κ3) is 2.84. The van der Waals surface area contributed by atoms with Crippen LogP contribution < -0.4 is 0 Å². The monoisotopic (exact) mass is 368 g/mol. The lowest BCUT2D eigenvalue weighted by molar-refractivity contribution is 0.724. The summed E-state index contributed by atoms with van der Waals surface area (Å²) in [5.74, 6) is 0. The molecule has 0 fully saturated rings. The van der Waals surface area contributed by atoms with Gasteiger partial charge in [-0.3, -0.25) is 0 Å². The minimum Gasteiger partial charge on any atom is -0.340 e. The maximum atomic E-state index is 4.70. The van der Waals surface area contributed by atoms with Gasteiger partial charge in [0.1, 0.15) is 5.01 Å². The van der Waals surface area contributed by atoms with Gasteiger partial charge >= 0.3 is 0 Å². The molecule has 0 bridgehead atoms. The van der Waals surface area contributed by atoms with Gasteiger partial charge in [0.25, 0.3) is 0 Å². The van der Waals surface area contributed by atoms with Crippen LogP contribution in [0.1, 0.15) is 23.9 Å². The van der Waals surface area contributed by atoms with E-state index in [-0.39, 0.29) is 0 Å². The fraction of sp³-hybridized carbons (Fsp3) is 0.125. The van der Waals surface area contributed by atoms with E-state index in [2.05, 4.69) is 84.3 Å². The number of hydrogen-bond acceptors (Lipinski definition) is 2. The number of aryl methyl sites for hydroxylation is 1. The standard InChI is InChI=1S/C24H20N2S/c1-2-15-26-21-9-5-3-7-18(21)19-13-11-17(16-22(19)26)12-14-24-25-20-8-4-6-10-23(20)27-24/h3-14,16H,2,15H2,1H3/b14-12+. The molecule has 0 aliphatic rings. The van der Waals surface area contributed by atoms with Gasteiger partial charge in [0.2, 0.25) is 0 Å². The molecule has 2 nitrogen and oxygen atoms in total. The van der Waals surface area contributed by atoms with Gasteiger partial charge < -0.3 is 4.57 Å². The van der Waals surface area contributed by atoms with E-state index in [1.54, 1.807) is 11.3 Å². The highest BCUT2D eigenvalue weighted by molar-refractivity contribution is 7.19. The first-order chi connectivity index (χ1) is 13.3. The first-order valence-corrected chi connectivity index (χ1v) is 10.2.